The maximum atomic E-state index is 11.4. The average molecular weight is 315 g/mol. The van der Waals surface area contributed by atoms with Gasteiger partial charge in [-0.2, -0.15) is 0 Å². The lowest BCUT2D eigenvalue weighted by Gasteiger charge is -2.24. The summed E-state index contributed by atoms with van der Waals surface area (Å²) in [6.07, 6.45) is 3.56. The van der Waals surface area contributed by atoms with Crippen molar-refractivity contribution in [2.24, 2.45) is 0 Å². The SMILES string of the molecule is CCCCCC(=O)OCCC(C)(O)Oc1ccc(Cl)cc1. The monoisotopic (exact) mass is 314 g/mol. The van der Waals surface area contributed by atoms with Crippen LogP contribution in [0.1, 0.15) is 46.0 Å². The summed E-state index contributed by atoms with van der Waals surface area (Å²) in [5.74, 6) is -1.11. The van der Waals surface area contributed by atoms with Gasteiger partial charge in [-0.05, 0) is 30.7 Å². The van der Waals surface area contributed by atoms with Gasteiger partial charge in [-0.25, -0.2) is 0 Å². The smallest absolute Gasteiger partial charge is 0.305 e. The van der Waals surface area contributed by atoms with Gasteiger partial charge in [-0.3, -0.25) is 4.79 Å². The minimum Gasteiger partial charge on any atom is -0.465 e. The molecule has 0 bridgehead atoms. The Morgan fingerprint density at radius 3 is 2.57 bits per heavy atom. The third kappa shape index (κ3) is 7.93. The fourth-order valence-electron chi connectivity index (χ4n) is 1.75. The van der Waals surface area contributed by atoms with Crippen molar-refractivity contribution in [3.05, 3.63) is 29.3 Å². The molecule has 1 atom stereocenters. The maximum absolute atomic E-state index is 11.4. The first-order chi connectivity index (χ1) is 9.93. The van der Waals surface area contributed by atoms with Crippen molar-refractivity contribution in [3.8, 4) is 5.75 Å². The Morgan fingerprint density at radius 2 is 1.95 bits per heavy atom. The number of carbonyl (C=O) groups is 1. The number of hydrogen-bond donors (Lipinski definition) is 1. The van der Waals surface area contributed by atoms with Crippen LogP contribution in [0.15, 0.2) is 24.3 Å². The molecule has 0 spiro atoms. The van der Waals surface area contributed by atoms with Gasteiger partial charge in [0.2, 0.25) is 5.79 Å². The van der Waals surface area contributed by atoms with E-state index >= 15 is 0 Å². The molecule has 0 aliphatic heterocycles. The molecule has 0 aliphatic rings. The van der Waals surface area contributed by atoms with Crippen LogP contribution in [0.5, 0.6) is 5.75 Å². The molecule has 0 aromatic heterocycles. The van der Waals surface area contributed by atoms with Gasteiger partial charge in [0.15, 0.2) is 0 Å². The van der Waals surface area contributed by atoms with E-state index in [1.165, 1.54) is 6.92 Å². The van der Waals surface area contributed by atoms with Crippen LogP contribution in [-0.4, -0.2) is 23.5 Å². The summed E-state index contributed by atoms with van der Waals surface area (Å²) in [6.45, 7) is 3.74. The highest BCUT2D eigenvalue weighted by Gasteiger charge is 2.23. The second-order valence-corrected chi connectivity index (χ2v) is 5.60. The molecule has 1 aromatic carbocycles. The van der Waals surface area contributed by atoms with E-state index < -0.39 is 5.79 Å². The number of esters is 1. The molecule has 118 valence electrons. The molecule has 4 nitrogen and oxygen atoms in total. The highest BCUT2D eigenvalue weighted by molar-refractivity contribution is 6.30. The number of aliphatic hydroxyl groups is 1. The van der Waals surface area contributed by atoms with Crippen LogP contribution < -0.4 is 4.74 Å². The zero-order chi connectivity index (χ0) is 15.7. The van der Waals surface area contributed by atoms with Crippen LogP contribution in [0.3, 0.4) is 0 Å². The number of benzene rings is 1. The first-order valence-corrected chi connectivity index (χ1v) is 7.63. The van der Waals surface area contributed by atoms with Gasteiger partial charge in [0, 0.05) is 24.8 Å². The zero-order valence-corrected chi connectivity index (χ0v) is 13.4. The molecule has 1 rings (SSSR count). The summed E-state index contributed by atoms with van der Waals surface area (Å²) in [4.78, 5) is 11.4. The summed E-state index contributed by atoms with van der Waals surface area (Å²) in [5, 5.41) is 10.7. The molecular weight excluding hydrogens is 292 g/mol. The Kier molecular flexibility index (Phi) is 7.54. The van der Waals surface area contributed by atoms with E-state index in [0.717, 1.165) is 19.3 Å². The Labute approximate surface area is 131 Å². The van der Waals surface area contributed by atoms with E-state index in [0.29, 0.717) is 17.2 Å². The highest BCUT2D eigenvalue weighted by atomic mass is 35.5. The number of rotatable bonds is 9. The van der Waals surface area contributed by atoms with Gasteiger partial charge in [0.1, 0.15) is 5.75 Å². The number of hydrogen-bond acceptors (Lipinski definition) is 4. The fraction of sp³-hybridized carbons (Fsp3) is 0.562. The predicted molar refractivity (Wildman–Crippen MR) is 82.4 cm³/mol. The molecule has 1 unspecified atom stereocenters. The number of unbranched alkanes of at least 4 members (excludes halogenated alkanes) is 2. The van der Waals surface area contributed by atoms with Gasteiger partial charge < -0.3 is 14.6 Å². The molecule has 0 amide bonds. The summed E-state index contributed by atoms with van der Waals surface area (Å²) >= 11 is 5.78. The summed E-state index contributed by atoms with van der Waals surface area (Å²) in [6, 6.07) is 6.71. The summed E-state index contributed by atoms with van der Waals surface area (Å²) < 4.78 is 10.5. The van der Waals surface area contributed by atoms with E-state index in [-0.39, 0.29) is 19.0 Å². The van der Waals surface area contributed by atoms with E-state index in [1.807, 2.05) is 0 Å². The molecule has 5 heteroatoms. The average Bonchev–Trinajstić information content (AvgIpc) is 2.41. The number of halogens is 1. The first kappa shape index (κ1) is 17.8. The van der Waals surface area contributed by atoms with E-state index in [4.69, 9.17) is 21.1 Å². The number of ether oxygens (including phenoxy) is 2. The van der Waals surface area contributed by atoms with Crippen molar-refractivity contribution < 1.29 is 19.4 Å². The lowest BCUT2D eigenvalue weighted by atomic mass is 10.2. The summed E-state index contributed by atoms with van der Waals surface area (Å²) in [5.41, 5.74) is 0. The minimum atomic E-state index is -1.39. The third-order valence-corrected chi connectivity index (χ3v) is 3.22. The van der Waals surface area contributed by atoms with E-state index in [1.54, 1.807) is 24.3 Å². The molecule has 1 aromatic rings. The molecule has 0 aliphatic carbocycles. The molecule has 0 saturated heterocycles. The minimum absolute atomic E-state index is 0.131. The van der Waals surface area contributed by atoms with Gasteiger partial charge >= 0.3 is 5.97 Å². The number of carbonyl (C=O) groups excluding carboxylic acids is 1. The molecule has 0 saturated carbocycles. The molecule has 0 radical (unpaired) electrons. The largest absolute Gasteiger partial charge is 0.465 e. The van der Waals surface area contributed by atoms with Gasteiger partial charge in [-0.15, -0.1) is 0 Å². The zero-order valence-electron chi connectivity index (χ0n) is 12.6. The Balaban J connectivity index is 2.29. The van der Waals surface area contributed by atoms with Crippen LogP contribution in [0.2, 0.25) is 5.02 Å². The fourth-order valence-corrected chi connectivity index (χ4v) is 1.88. The maximum Gasteiger partial charge on any atom is 0.305 e. The van der Waals surface area contributed by atoms with E-state index in [9.17, 15) is 9.90 Å². The van der Waals surface area contributed by atoms with E-state index in [2.05, 4.69) is 6.92 Å². The van der Waals surface area contributed by atoms with Crippen molar-refractivity contribution in [2.45, 2.75) is 51.7 Å². The van der Waals surface area contributed by atoms with Crippen molar-refractivity contribution in [2.75, 3.05) is 6.61 Å². The third-order valence-electron chi connectivity index (χ3n) is 2.96. The first-order valence-electron chi connectivity index (χ1n) is 7.25. The van der Waals surface area contributed by atoms with Gasteiger partial charge in [0.05, 0.1) is 6.61 Å². The lowest BCUT2D eigenvalue weighted by molar-refractivity contribution is -0.155. The molecule has 0 fully saturated rings. The van der Waals surface area contributed by atoms with Crippen molar-refractivity contribution in [1.82, 2.24) is 0 Å². The van der Waals surface area contributed by atoms with Crippen LogP contribution >= 0.6 is 11.6 Å². The van der Waals surface area contributed by atoms with Crippen molar-refractivity contribution >= 4 is 17.6 Å². The standard InChI is InChI=1S/C16H23ClO4/c1-3-4-5-6-15(18)20-12-11-16(2,19)21-14-9-7-13(17)8-10-14/h7-10,19H,3-6,11-12H2,1-2H3. The second-order valence-electron chi connectivity index (χ2n) is 5.16. The summed E-state index contributed by atoms with van der Waals surface area (Å²) in [7, 11) is 0. The van der Waals surface area contributed by atoms with Crippen LogP contribution in [0, 0.1) is 0 Å². The predicted octanol–water partition coefficient (Wildman–Crippen LogP) is 3.94. The van der Waals surface area contributed by atoms with Gasteiger partial charge in [-0.1, -0.05) is 31.4 Å². The van der Waals surface area contributed by atoms with Crippen molar-refractivity contribution in [3.63, 3.8) is 0 Å². The van der Waals surface area contributed by atoms with Crippen LogP contribution in [0.4, 0.5) is 0 Å². The molecule has 21 heavy (non-hydrogen) atoms. The molecule has 0 heterocycles. The topological polar surface area (TPSA) is 55.8 Å². The Bertz CT molecular complexity index is 428. The van der Waals surface area contributed by atoms with Crippen LogP contribution in [0.25, 0.3) is 0 Å². The molecular formula is C16H23ClO4. The Hall–Kier alpha value is -1.26. The van der Waals surface area contributed by atoms with Crippen molar-refractivity contribution in [1.29, 1.82) is 0 Å². The van der Waals surface area contributed by atoms with Gasteiger partial charge in [0.25, 0.3) is 0 Å². The second kappa shape index (κ2) is 8.90. The quantitative estimate of drug-likeness (QED) is 0.426. The molecule has 1 N–H and O–H groups in total. The lowest BCUT2D eigenvalue weighted by Crippen LogP contribution is -2.33. The Morgan fingerprint density at radius 1 is 1.29 bits per heavy atom. The highest BCUT2D eigenvalue weighted by Crippen LogP contribution is 2.21. The van der Waals surface area contributed by atoms with Crippen LogP contribution in [-0.2, 0) is 9.53 Å². The normalized spacial score (nSPS) is 13.5.